The van der Waals surface area contributed by atoms with Gasteiger partial charge < -0.3 is 4.74 Å². The van der Waals surface area contributed by atoms with Gasteiger partial charge in [0, 0.05) is 5.56 Å². The largest absolute Gasteiger partial charge is 0.497 e. The first-order chi connectivity index (χ1) is 13.1. The van der Waals surface area contributed by atoms with Crippen molar-refractivity contribution >= 4 is 17.2 Å². The van der Waals surface area contributed by atoms with Gasteiger partial charge in [0.05, 0.1) is 12.1 Å². The van der Waals surface area contributed by atoms with E-state index in [9.17, 15) is 4.39 Å². The zero-order valence-corrected chi connectivity index (χ0v) is 17.0. The molecule has 0 spiro atoms. The molecule has 27 heavy (non-hydrogen) atoms. The molecule has 0 heterocycles. The summed E-state index contributed by atoms with van der Waals surface area (Å²) in [7, 11) is 1.62. The summed E-state index contributed by atoms with van der Waals surface area (Å²) in [6.45, 7) is 2.24. The van der Waals surface area contributed by atoms with E-state index >= 15 is 0 Å². The molecule has 1 unspecified atom stereocenters. The van der Waals surface area contributed by atoms with Crippen molar-refractivity contribution in [3.05, 3.63) is 58.9 Å². The summed E-state index contributed by atoms with van der Waals surface area (Å²) in [5.41, 5.74) is 3.36. The van der Waals surface area contributed by atoms with Crippen LogP contribution in [0.4, 0.5) is 4.39 Å². The minimum Gasteiger partial charge on any atom is -0.497 e. The van der Waals surface area contributed by atoms with Crippen molar-refractivity contribution in [2.24, 2.45) is 5.92 Å². The highest BCUT2D eigenvalue weighted by Crippen LogP contribution is 2.39. The van der Waals surface area contributed by atoms with Crippen LogP contribution in [-0.2, 0) is 0 Å². The van der Waals surface area contributed by atoms with Gasteiger partial charge in [0.1, 0.15) is 11.6 Å². The van der Waals surface area contributed by atoms with Crippen molar-refractivity contribution in [2.45, 2.75) is 51.9 Å². The molecule has 1 atom stereocenters. The van der Waals surface area contributed by atoms with Gasteiger partial charge in [-0.05, 0) is 54.0 Å². The maximum absolute atomic E-state index is 15.0. The lowest BCUT2D eigenvalue weighted by Crippen LogP contribution is -2.06. The third kappa shape index (κ3) is 4.73. The van der Waals surface area contributed by atoms with E-state index in [2.05, 4.69) is 13.0 Å². The molecule has 0 aliphatic heterocycles. The number of hydrogen-bond donors (Lipinski definition) is 0. The second kappa shape index (κ2) is 9.41. The maximum atomic E-state index is 15.0. The van der Waals surface area contributed by atoms with Gasteiger partial charge in [0.25, 0.3) is 0 Å². The van der Waals surface area contributed by atoms with E-state index in [4.69, 9.17) is 16.3 Å². The number of hydrogen-bond acceptors (Lipinski definition) is 1. The second-order valence-corrected chi connectivity index (χ2v) is 7.76. The Balaban J connectivity index is 1.77. The number of halogens is 2. The molecular formula is C24H28ClFO. The van der Waals surface area contributed by atoms with Crippen LogP contribution in [0.5, 0.6) is 5.75 Å². The van der Waals surface area contributed by atoms with E-state index in [1.54, 1.807) is 7.11 Å². The second-order valence-electron chi connectivity index (χ2n) is 7.38. The molecule has 0 bridgehead atoms. The Labute approximate surface area is 167 Å². The summed E-state index contributed by atoms with van der Waals surface area (Å²) in [6.07, 6.45) is 10.7. The van der Waals surface area contributed by atoms with E-state index in [0.717, 1.165) is 35.6 Å². The normalized spacial score (nSPS) is 16.9. The van der Waals surface area contributed by atoms with E-state index in [-0.39, 0.29) is 10.8 Å². The quantitative estimate of drug-likeness (QED) is 0.439. The number of unbranched alkanes of at least 4 members (excludes halogenated alkanes) is 2. The number of rotatable bonds is 7. The molecule has 3 rings (SSSR count). The smallest absolute Gasteiger partial charge is 0.150 e. The average Bonchev–Trinajstić information content (AvgIpc) is 2.71. The van der Waals surface area contributed by atoms with Crippen LogP contribution in [0, 0.1) is 11.7 Å². The first kappa shape index (κ1) is 19.9. The van der Waals surface area contributed by atoms with E-state index in [1.807, 2.05) is 36.4 Å². The third-order valence-electron chi connectivity index (χ3n) is 5.56. The maximum Gasteiger partial charge on any atom is 0.150 e. The monoisotopic (exact) mass is 386 g/mol. The average molecular weight is 387 g/mol. The number of methoxy groups -OCH3 is 1. The van der Waals surface area contributed by atoms with Crippen LogP contribution in [0.1, 0.15) is 57.4 Å². The standard InChI is InChI=1S/C24H28ClFO/c1-3-4-5-6-17-7-9-18(10-8-17)21-15-16-22(24(26)23(21)25)19-11-13-20(27-2)14-12-19/h9,11-17H,3-8,10H2,1-2H3. The van der Waals surface area contributed by atoms with Gasteiger partial charge in [-0.1, -0.05) is 74.5 Å². The zero-order valence-electron chi connectivity index (χ0n) is 16.2. The van der Waals surface area contributed by atoms with Crippen molar-refractivity contribution in [1.29, 1.82) is 0 Å². The van der Waals surface area contributed by atoms with Crippen molar-refractivity contribution in [2.75, 3.05) is 7.11 Å². The summed E-state index contributed by atoms with van der Waals surface area (Å²) in [5.74, 6) is 1.18. The Hall–Kier alpha value is -1.80. The van der Waals surface area contributed by atoms with Crippen LogP contribution in [0.25, 0.3) is 16.7 Å². The van der Waals surface area contributed by atoms with Gasteiger partial charge in [-0.3, -0.25) is 0 Å². The molecule has 0 saturated heterocycles. The Morgan fingerprint density at radius 3 is 2.44 bits per heavy atom. The van der Waals surface area contributed by atoms with Crippen molar-refractivity contribution in [1.82, 2.24) is 0 Å². The fraction of sp³-hybridized carbons (Fsp3) is 0.417. The van der Waals surface area contributed by atoms with Crippen LogP contribution < -0.4 is 4.74 Å². The van der Waals surface area contributed by atoms with Crippen molar-refractivity contribution in [3.63, 3.8) is 0 Å². The first-order valence-corrected chi connectivity index (χ1v) is 10.3. The highest BCUT2D eigenvalue weighted by molar-refractivity contribution is 6.32. The fourth-order valence-corrected chi connectivity index (χ4v) is 4.16. The Morgan fingerprint density at radius 1 is 1.07 bits per heavy atom. The molecular weight excluding hydrogens is 359 g/mol. The highest BCUT2D eigenvalue weighted by atomic mass is 35.5. The zero-order chi connectivity index (χ0) is 19.2. The molecule has 3 heteroatoms. The topological polar surface area (TPSA) is 9.23 Å². The lowest BCUT2D eigenvalue weighted by atomic mass is 9.83. The van der Waals surface area contributed by atoms with Crippen LogP contribution in [0.15, 0.2) is 42.5 Å². The van der Waals surface area contributed by atoms with Gasteiger partial charge in [-0.2, -0.15) is 0 Å². The van der Waals surface area contributed by atoms with E-state index in [1.165, 1.54) is 37.7 Å². The molecule has 0 amide bonds. The highest BCUT2D eigenvalue weighted by Gasteiger charge is 2.20. The Kier molecular flexibility index (Phi) is 6.95. The molecule has 1 nitrogen and oxygen atoms in total. The number of allylic oxidation sites excluding steroid dienone is 2. The summed E-state index contributed by atoms with van der Waals surface area (Å²) in [5, 5.41) is 0.235. The predicted molar refractivity (Wildman–Crippen MR) is 113 cm³/mol. The Morgan fingerprint density at radius 2 is 1.81 bits per heavy atom. The fourth-order valence-electron chi connectivity index (χ4n) is 3.87. The number of benzene rings is 2. The molecule has 1 aliphatic rings. The van der Waals surface area contributed by atoms with Gasteiger partial charge in [-0.25, -0.2) is 4.39 Å². The molecule has 0 N–H and O–H groups in total. The third-order valence-corrected chi connectivity index (χ3v) is 5.93. The molecule has 0 saturated carbocycles. The summed E-state index contributed by atoms with van der Waals surface area (Å²) in [4.78, 5) is 0. The van der Waals surface area contributed by atoms with Crippen LogP contribution in [-0.4, -0.2) is 7.11 Å². The first-order valence-electron chi connectivity index (χ1n) is 9.95. The van der Waals surface area contributed by atoms with E-state index < -0.39 is 0 Å². The van der Waals surface area contributed by atoms with Crippen LogP contribution in [0.3, 0.4) is 0 Å². The molecule has 0 fully saturated rings. The van der Waals surface area contributed by atoms with Gasteiger partial charge >= 0.3 is 0 Å². The van der Waals surface area contributed by atoms with Gasteiger partial charge in [0.2, 0.25) is 0 Å². The van der Waals surface area contributed by atoms with Crippen molar-refractivity contribution < 1.29 is 9.13 Å². The van der Waals surface area contributed by atoms with E-state index in [0.29, 0.717) is 5.56 Å². The molecule has 2 aromatic rings. The lowest BCUT2D eigenvalue weighted by Gasteiger charge is -2.23. The van der Waals surface area contributed by atoms with Gasteiger partial charge in [-0.15, -0.1) is 0 Å². The minimum atomic E-state index is -0.342. The van der Waals surface area contributed by atoms with Crippen LogP contribution >= 0.6 is 11.6 Å². The molecule has 2 aromatic carbocycles. The van der Waals surface area contributed by atoms with Crippen molar-refractivity contribution in [3.8, 4) is 16.9 Å². The summed E-state index contributed by atoms with van der Waals surface area (Å²) < 4.78 is 20.1. The SMILES string of the molecule is CCCCCC1CC=C(c2ccc(-c3ccc(OC)cc3)c(F)c2Cl)CC1. The van der Waals surface area contributed by atoms with Gasteiger partial charge in [0.15, 0.2) is 0 Å². The predicted octanol–water partition coefficient (Wildman–Crippen LogP) is 7.92. The van der Waals surface area contributed by atoms with Crippen LogP contribution in [0.2, 0.25) is 5.02 Å². The summed E-state index contributed by atoms with van der Waals surface area (Å²) in [6, 6.07) is 11.2. The number of ether oxygens (including phenoxy) is 1. The molecule has 0 radical (unpaired) electrons. The lowest BCUT2D eigenvalue weighted by molar-refractivity contribution is 0.415. The minimum absolute atomic E-state index is 0.235. The summed E-state index contributed by atoms with van der Waals surface area (Å²) >= 11 is 6.44. The molecule has 1 aliphatic carbocycles. The molecule has 0 aromatic heterocycles. The Bertz CT molecular complexity index is 795. The molecule has 144 valence electrons.